The second-order valence-corrected chi connectivity index (χ2v) is 5.56. The Balaban J connectivity index is 2.52. The molecule has 0 unspecified atom stereocenters. The van der Waals surface area contributed by atoms with Gasteiger partial charge in [0.2, 0.25) is 0 Å². The first-order valence-corrected chi connectivity index (χ1v) is 6.08. The van der Waals surface area contributed by atoms with E-state index in [0.29, 0.717) is 5.25 Å². The molecular weight excluding hydrogens is 202 g/mol. The van der Waals surface area contributed by atoms with Crippen molar-refractivity contribution in [1.29, 1.82) is 0 Å². The van der Waals surface area contributed by atoms with Crippen LogP contribution in [0, 0.1) is 6.92 Å². The van der Waals surface area contributed by atoms with E-state index < -0.39 is 0 Å². The van der Waals surface area contributed by atoms with Gasteiger partial charge in [0.15, 0.2) is 0 Å². The SMILES string of the molecule is Cc1cc(SC(C)C)nc2ccccc12. The molecule has 0 radical (unpaired) electrons. The third-order valence-electron chi connectivity index (χ3n) is 2.26. The van der Waals surface area contributed by atoms with Crippen LogP contribution >= 0.6 is 11.8 Å². The van der Waals surface area contributed by atoms with E-state index in [1.807, 2.05) is 17.8 Å². The molecule has 0 spiro atoms. The van der Waals surface area contributed by atoms with Crippen LogP contribution in [0.5, 0.6) is 0 Å². The summed E-state index contributed by atoms with van der Waals surface area (Å²) in [5.74, 6) is 0. The third-order valence-corrected chi connectivity index (χ3v) is 3.18. The van der Waals surface area contributed by atoms with Crippen molar-refractivity contribution in [1.82, 2.24) is 4.98 Å². The molecular formula is C13H15NS. The number of nitrogens with zero attached hydrogens (tertiary/aromatic N) is 1. The number of hydrogen-bond acceptors (Lipinski definition) is 2. The van der Waals surface area contributed by atoms with Crippen LogP contribution in [-0.4, -0.2) is 10.2 Å². The van der Waals surface area contributed by atoms with Crippen LogP contribution < -0.4 is 0 Å². The maximum atomic E-state index is 4.64. The molecule has 1 nitrogen and oxygen atoms in total. The van der Waals surface area contributed by atoms with Gasteiger partial charge in [-0.3, -0.25) is 0 Å². The first kappa shape index (κ1) is 10.5. The lowest BCUT2D eigenvalue weighted by Crippen LogP contribution is -1.91. The normalized spacial score (nSPS) is 11.2. The first-order valence-electron chi connectivity index (χ1n) is 5.20. The van der Waals surface area contributed by atoms with Crippen LogP contribution in [0.1, 0.15) is 19.4 Å². The second-order valence-electron chi connectivity index (χ2n) is 3.96. The van der Waals surface area contributed by atoms with Crippen molar-refractivity contribution in [2.45, 2.75) is 31.0 Å². The lowest BCUT2D eigenvalue weighted by molar-refractivity contribution is 1.08. The number of aromatic nitrogens is 1. The van der Waals surface area contributed by atoms with Crippen LogP contribution in [0.2, 0.25) is 0 Å². The zero-order valence-electron chi connectivity index (χ0n) is 9.32. The van der Waals surface area contributed by atoms with E-state index >= 15 is 0 Å². The standard InChI is InChI=1S/C13H15NS/c1-9(2)15-13-8-10(3)11-6-4-5-7-12(11)14-13/h4-9H,1-3H3. The van der Waals surface area contributed by atoms with E-state index in [2.05, 4.69) is 50.0 Å². The van der Waals surface area contributed by atoms with Crippen LogP contribution in [0.25, 0.3) is 10.9 Å². The summed E-state index contributed by atoms with van der Waals surface area (Å²) in [6.45, 7) is 6.53. The molecule has 15 heavy (non-hydrogen) atoms. The molecule has 0 aliphatic rings. The molecule has 0 N–H and O–H groups in total. The molecule has 1 heterocycles. The summed E-state index contributed by atoms with van der Waals surface area (Å²) >= 11 is 1.82. The maximum Gasteiger partial charge on any atom is 0.0972 e. The van der Waals surface area contributed by atoms with E-state index in [4.69, 9.17) is 0 Å². The monoisotopic (exact) mass is 217 g/mol. The number of fused-ring (bicyclic) bond motifs is 1. The minimum atomic E-state index is 0.582. The summed E-state index contributed by atoms with van der Waals surface area (Å²) in [6.07, 6.45) is 0. The lowest BCUT2D eigenvalue weighted by Gasteiger charge is -2.07. The number of benzene rings is 1. The maximum absolute atomic E-state index is 4.64. The Hall–Kier alpha value is -1.02. The Morgan fingerprint density at radius 1 is 1.20 bits per heavy atom. The molecule has 0 saturated carbocycles. The molecule has 0 atom stereocenters. The fraction of sp³-hybridized carbons (Fsp3) is 0.308. The van der Waals surface area contributed by atoms with Gasteiger partial charge in [-0.15, -0.1) is 11.8 Å². The molecule has 0 aliphatic carbocycles. The highest BCUT2D eigenvalue weighted by atomic mass is 32.2. The number of rotatable bonds is 2. The van der Waals surface area contributed by atoms with E-state index in [1.165, 1.54) is 10.9 Å². The lowest BCUT2D eigenvalue weighted by atomic mass is 10.1. The van der Waals surface area contributed by atoms with Gasteiger partial charge in [-0.25, -0.2) is 4.98 Å². The number of pyridine rings is 1. The quantitative estimate of drug-likeness (QED) is 0.704. The Labute approximate surface area is 94.9 Å². The Kier molecular flexibility index (Phi) is 2.96. The summed E-state index contributed by atoms with van der Waals surface area (Å²) in [4.78, 5) is 4.64. The second kappa shape index (κ2) is 4.23. The minimum Gasteiger partial charge on any atom is -0.241 e. The largest absolute Gasteiger partial charge is 0.241 e. The van der Waals surface area contributed by atoms with E-state index in [9.17, 15) is 0 Å². The fourth-order valence-corrected chi connectivity index (χ4v) is 2.50. The van der Waals surface area contributed by atoms with Crippen LogP contribution in [0.3, 0.4) is 0 Å². The average Bonchev–Trinajstić information content (AvgIpc) is 2.16. The van der Waals surface area contributed by atoms with Crippen molar-refractivity contribution in [2.75, 3.05) is 0 Å². The van der Waals surface area contributed by atoms with Gasteiger partial charge in [0, 0.05) is 10.6 Å². The van der Waals surface area contributed by atoms with Gasteiger partial charge < -0.3 is 0 Å². The zero-order valence-corrected chi connectivity index (χ0v) is 10.1. The number of hydrogen-bond donors (Lipinski definition) is 0. The van der Waals surface area contributed by atoms with Gasteiger partial charge in [0.1, 0.15) is 0 Å². The van der Waals surface area contributed by atoms with E-state index in [0.717, 1.165) is 10.5 Å². The molecule has 0 aliphatic heterocycles. The number of aryl methyl sites for hydroxylation is 1. The molecule has 1 aromatic carbocycles. The van der Waals surface area contributed by atoms with Gasteiger partial charge in [0.05, 0.1) is 10.5 Å². The van der Waals surface area contributed by atoms with Gasteiger partial charge in [-0.05, 0) is 24.6 Å². The van der Waals surface area contributed by atoms with Crippen molar-refractivity contribution in [3.05, 3.63) is 35.9 Å². The van der Waals surface area contributed by atoms with Gasteiger partial charge in [0.25, 0.3) is 0 Å². The summed E-state index contributed by atoms with van der Waals surface area (Å²) in [5.41, 5.74) is 2.41. The summed E-state index contributed by atoms with van der Waals surface area (Å²) in [5, 5.41) is 2.96. The van der Waals surface area contributed by atoms with Crippen molar-refractivity contribution in [3.63, 3.8) is 0 Å². The Morgan fingerprint density at radius 2 is 1.93 bits per heavy atom. The molecule has 0 fully saturated rings. The van der Waals surface area contributed by atoms with Crippen LogP contribution in [0.15, 0.2) is 35.4 Å². The summed E-state index contributed by atoms with van der Waals surface area (Å²) in [6, 6.07) is 10.5. The predicted octanol–water partition coefficient (Wildman–Crippen LogP) is 4.04. The highest BCUT2D eigenvalue weighted by molar-refractivity contribution is 7.99. The molecule has 2 aromatic rings. The minimum absolute atomic E-state index is 0.582. The average molecular weight is 217 g/mol. The van der Waals surface area contributed by atoms with Gasteiger partial charge >= 0.3 is 0 Å². The first-order chi connectivity index (χ1) is 7.16. The van der Waals surface area contributed by atoms with Gasteiger partial charge in [-0.1, -0.05) is 32.0 Å². The van der Waals surface area contributed by atoms with Crippen LogP contribution in [-0.2, 0) is 0 Å². The van der Waals surface area contributed by atoms with Crippen molar-refractivity contribution < 1.29 is 0 Å². The smallest absolute Gasteiger partial charge is 0.0972 e. The van der Waals surface area contributed by atoms with Crippen molar-refractivity contribution in [3.8, 4) is 0 Å². The molecule has 78 valence electrons. The topological polar surface area (TPSA) is 12.9 Å². The molecule has 2 rings (SSSR count). The van der Waals surface area contributed by atoms with Crippen molar-refractivity contribution in [2.24, 2.45) is 0 Å². The highest BCUT2D eigenvalue weighted by Crippen LogP contribution is 2.25. The third kappa shape index (κ3) is 2.32. The number of para-hydroxylation sites is 1. The van der Waals surface area contributed by atoms with E-state index in [1.54, 1.807) is 0 Å². The van der Waals surface area contributed by atoms with Gasteiger partial charge in [-0.2, -0.15) is 0 Å². The summed E-state index contributed by atoms with van der Waals surface area (Å²) in [7, 11) is 0. The van der Waals surface area contributed by atoms with E-state index in [-0.39, 0.29) is 0 Å². The molecule has 1 aromatic heterocycles. The Morgan fingerprint density at radius 3 is 2.67 bits per heavy atom. The highest BCUT2D eigenvalue weighted by Gasteiger charge is 2.04. The fourth-order valence-electron chi connectivity index (χ4n) is 1.62. The van der Waals surface area contributed by atoms with Crippen molar-refractivity contribution >= 4 is 22.7 Å². The molecule has 0 bridgehead atoms. The molecule has 0 saturated heterocycles. The van der Waals surface area contributed by atoms with Crippen LogP contribution in [0.4, 0.5) is 0 Å². The zero-order chi connectivity index (χ0) is 10.8. The molecule has 0 amide bonds. The summed E-state index contributed by atoms with van der Waals surface area (Å²) < 4.78 is 0. The Bertz CT molecular complexity index is 477. The predicted molar refractivity (Wildman–Crippen MR) is 67.5 cm³/mol. The molecule has 2 heteroatoms. The number of thioether (sulfide) groups is 1.